The summed E-state index contributed by atoms with van der Waals surface area (Å²) in [4.78, 5) is 11.0. The molecular formula is C10H19NO6S2. The molecule has 0 bridgehead atoms. The molecule has 2 atom stereocenters. The summed E-state index contributed by atoms with van der Waals surface area (Å²) in [5.41, 5.74) is 0. The van der Waals surface area contributed by atoms with Crippen LogP contribution in [0.5, 0.6) is 0 Å². The van der Waals surface area contributed by atoms with Crippen LogP contribution in [0.2, 0.25) is 0 Å². The minimum absolute atomic E-state index is 0.0190. The van der Waals surface area contributed by atoms with Gasteiger partial charge in [0.1, 0.15) is 0 Å². The van der Waals surface area contributed by atoms with E-state index >= 15 is 0 Å². The van der Waals surface area contributed by atoms with Crippen molar-refractivity contribution in [3.05, 3.63) is 0 Å². The van der Waals surface area contributed by atoms with E-state index in [1.807, 2.05) is 0 Å². The molecule has 0 radical (unpaired) electrons. The average Bonchev–Trinajstić information content (AvgIpc) is 2.23. The maximum atomic E-state index is 11.5. The van der Waals surface area contributed by atoms with Crippen LogP contribution in [-0.4, -0.2) is 45.8 Å². The maximum absolute atomic E-state index is 11.5. The van der Waals surface area contributed by atoms with Crippen LogP contribution in [-0.2, 0) is 24.7 Å². The minimum Gasteiger partial charge on any atom is -0.481 e. The lowest BCUT2D eigenvalue weighted by Crippen LogP contribution is -2.39. The van der Waals surface area contributed by atoms with E-state index in [9.17, 15) is 21.6 Å². The molecule has 7 nitrogen and oxygen atoms in total. The lowest BCUT2D eigenvalue weighted by atomic mass is 9.79. The van der Waals surface area contributed by atoms with Crippen LogP contribution in [0.25, 0.3) is 0 Å². The van der Waals surface area contributed by atoms with Crippen LogP contribution >= 0.6 is 0 Å². The number of hydrogen-bond donors (Lipinski definition) is 2. The summed E-state index contributed by atoms with van der Waals surface area (Å²) in [6.45, 7) is -0.0190. The zero-order valence-corrected chi connectivity index (χ0v) is 12.3. The van der Waals surface area contributed by atoms with Crippen molar-refractivity contribution < 1.29 is 26.7 Å². The van der Waals surface area contributed by atoms with E-state index in [4.69, 9.17) is 5.11 Å². The number of rotatable bonds is 6. The van der Waals surface area contributed by atoms with Crippen molar-refractivity contribution in [2.45, 2.75) is 25.7 Å². The fourth-order valence-corrected chi connectivity index (χ4v) is 5.39. The van der Waals surface area contributed by atoms with Crippen molar-refractivity contribution in [2.75, 3.05) is 17.9 Å². The zero-order valence-electron chi connectivity index (χ0n) is 10.7. The average molecular weight is 313 g/mol. The Bertz CT molecular complexity index is 524. The zero-order chi connectivity index (χ0) is 14.7. The SMILES string of the molecule is CS(=O)(=O)CS(=O)(=O)NCC1CCCCC1C(=O)O. The molecule has 2 N–H and O–H groups in total. The van der Waals surface area contributed by atoms with Crippen molar-refractivity contribution in [1.29, 1.82) is 0 Å². The molecule has 0 spiro atoms. The highest BCUT2D eigenvalue weighted by atomic mass is 32.3. The van der Waals surface area contributed by atoms with Crippen molar-refractivity contribution in [3.63, 3.8) is 0 Å². The van der Waals surface area contributed by atoms with E-state index in [1.54, 1.807) is 0 Å². The summed E-state index contributed by atoms with van der Waals surface area (Å²) in [6, 6.07) is 0. The number of sulfonamides is 1. The molecule has 9 heteroatoms. The molecule has 1 fully saturated rings. The first-order valence-electron chi connectivity index (χ1n) is 5.98. The van der Waals surface area contributed by atoms with Gasteiger partial charge < -0.3 is 5.11 Å². The summed E-state index contributed by atoms with van der Waals surface area (Å²) in [5.74, 6) is -1.76. The van der Waals surface area contributed by atoms with Gasteiger partial charge in [-0.15, -0.1) is 0 Å². The molecule has 0 amide bonds. The third-order valence-corrected chi connectivity index (χ3v) is 6.72. The van der Waals surface area contributed by atoms with Gasteiger partial charge in [-0.1, -0.05) is 12.8 Å². The first-order chi connectivity index (χ1) is 8.61. The smallest absolute Gasteiger partial charge is 0.306 e. The number of hydrogen-bond acceptors (Lipinski definition) is 5. The van der Waals surface area contributed by atoms with Crippen molar-refractivity contribution >= 4 is 25.8 Å². The molecule has 1 aliphatic rings. The Morgan fingerprint density at radius 3 is 2.32 bits per heavy atom. The fourth-order valence-electron chi connectivity index (χ4n) is 2.33. The molecule has 1 rings (SSSR count). The van der Waals surface area contributed by atoms with Gasteiger partial charge in [0.25, 0.3) is 0 Å². The standard InChI is InChI=1S/C10H19NO6S2/c1-18(14,15)7-19(16,17)11-6-8-4-2-3-5-9(8)10(12)13/h8-9,11H,2-7H2,1H3,(H,12,13). The molecule has 0 aromatic heterocycles. The highest BCUT2D eigenvalue weighted by Crippen LogP contribution is 2.29. The Hall–Kier alpha value is -0.670. The van der Waals surface area contributed by atoms with Crippen LogP contribution in [0.3, 0.4) is 0 Å². The summed E-state index contributed by atoms with van der Waals surface area (Å²) < 4.78 is 47.2. The first kappa shape index (κ1) is 16.4. The van der Waals surface area contributed by atoms with E-state index in [2.05, 4.69) is 4.72 Å². The molecule has 1 aliphatic carbocycles. The third kappa shape index (κ3) is 5.87. The molecule has 0 aromatic carbocycles. The lowest BCUT2D eigenvalue weighted by Gasteiger charge is -2.28. The van der Waals surface area contributed by atoms with E-state index < -0.39 is 36.8 Å². The Balaban J connectivity index is 2.62. The van der Waals surface area contributed by atoms with Crippen molar-refractivity contribution in [1.82, 2.24) is 4.72 Å². The Morgan fingerprint density at radius 1 is 1.21 bits per heavy atom. The molecule has 1 saturated carbocycles. The van der Waals surface area contributed by atoms with Gasteiger partial charge in [0, 0.05) is 12.8 Å². The molecule has 0 aliphatic heterocycles. The highest BCUT2D eigenvalue weighted by molar-refractivity contribution is 8.06. The summed E-state index contributed by atoms with van der Waals surface area (Å²) in [7, 11) is -7.55. The van der Waals surface area contributed by atoms with Gasteiger partial charge in [-0.05, 0) is 18.8 Å². The van der Waals surface area contributed by atoms with Crippen LogP contribution < -0.4 is 4.72 Å². The van der Waals surface area contributed by atoms with Gasteiger partial charge in [0.2, 0.25) is 10.0 Å². The van der Waals surface area contributed by atoms with E-state index in [0.29, 0.717) is 12.8 Å². The fraction of sp³-hybridized carbons (Fsp3) is 0.900. The number of aliphatic carboxylic acids is 1. The quantitative estimate of drug-likeness (QED) is 0.701. The monoisotopic (exact) mass is 313 g/mol. The van der Waals surface area contributed by atoms with E-state index in [0.717, 1.165) is 19.1 Å². The largest absolute Gasteiger partial charge is 0.481 e. The molecule has 112 valence electrons. The summed E-state index contributed by atoms with van der Waals surface area (Å²) >= 11 is 0. The first-order valence-corrected chi connectivity index (χ1v) is 9.70. The Kier molecular flexibility index (Phi) is 5.34. The van der Waals surface area contributed by atoms with Crippen LogP contribution in [0.15, 0.2) is 0 Å². The lowest BCUT2D eigenvalue weighted by molar-refractivity contribution is -0.144. The number of sulfone groups is 1. The number of carboxylic acid groups (broad SMARTS) is 1. The Labute approximate surface area is 113 Å². The predicted octanol–water partition coefficient (Wildman–Crippen LogP) is -0.201. The number of carbonyl (C=O) groups is 1. The van der Waals surface area contributed by atoms with E-state index in [-0.39, 0.29) is 12.5 Å². The van der Waals surface area contributed by atoms with Gasteiger partial charge in [-0.25, -0.2) is 21.6 Å². The molecule has 19 heavy (non-hydrogen) atoms. The number of carboxylic acids is 1. The predicted molar refractivity (Wildman–Crippen MR) is 69.7 cm³/mol. The minimum atomic E-state index is -3.92. The second kappa shape index (κ2) is 6.19. The van der Waals surface area contributed by atoms with Crippen LogP contribution in [0, 0.1) is 11.8 Å². The maximum Gasteiger partial charge on any atom is 0.306 e. The summed E-state index contributed by atoms with van der Waals surface area (Å²) in [6.07, 6.45) is 3.70. The molecular weight excluding hydrogens is 294 g/mol. The number of nitrogens with one attached hydrogen (secondary N) is 1. The van der Waals surface area contributed by atoms with Crippen molar-refractivity contribution in [3.8, 4) is 0 Å². The van der Waals surface area contributed by atoms with Gasteiger partial charge >= 0.3 is 5.97 Å². The van der Waals surface area contributed by atoms with Gasteiger partial charge in [-0.2, -0.15) is 0 Å². The van der Waals surface area contributed by atoms with Crippen molar-refractivity contribution in [2.24, 2.45) is 11.8 Å². The van der Waals surface area contributed by atoms with Gasteiger partial charge in [0.15, 0.2) is 14.9 Å². The second-order valence-electron chi connectivity index (χ2n) is 5.00. The normalized spacial score (nSPS) is 25.1. The molecule has 2 unspecified atom stereocenters. The second-order valence-corrected chi connectivity index (χ2v) is 9.31. The van der Waals surface area contributed by atoms with Crippen LogP contribution in [0.1, 0.15) is 25.7 Å². The summed E-state index contributed by atoms with van der Waals surface area (Å²) in [5, 5.41) is 8.08. The third-order valence-electron chi connectivity index (χ3n) is 3.16. The Morgan fingerprint density at radius 2 is 1.79 bits per heavy atom. The van der Waals surface area contributed by atoms with E-state index in [1.165, 1.54) is 0 Å². The van der Waals surface area contributed by atoms with Gasteiger partial charge in [0.05, 0.1) is 5.92 Å². The molecule has 0 heterocycles. The molecule has 0 aromatic rings. The molecule has 0 saturated heterocycles. The topological polar surface area (TPSA) is 118 Å². The van der Waals surface area contributed by atoms with Crippen LogP contribution in [0.4, 0.5) is 0 Å². The van der Waals surface area contributed by atoms with Gasteiger partial charge in [-0.3, -0.25) is 4.79 Å². The highest BCUT2D eigenvalue weighted by Gasteiger charge is 2.31.